The molecule has 0 rings (SSSR count). The highest BCUT2D eigenvalue weighted by Crippen LogP contribution is 2.20. The second kappa shape index (κ2) is 86.7. The highest BCUT2D eigenvalue weighted by atomic mass is 33.1. The fraction of sp³-hybridized carbons (Fsp3) is 0.747. The van der Waals surface area contributed by atoms with Gasteiger partial charge in [0.1, 0.15) is 18.1 Å². The van der Waals surface area contributed by atoms with Gasteiger partial charge in [-0.3, -0.25) is 38.4 Å². The number of likely N-dealkylation sites (N-methyl/N-ethyl adjacent to an activating group) is 1. The summed E-state index contributed by atoms with van der Waals surface area (Å²) in [6.45, 7) is 10.9. The number of carbonyl (C=O) groups excluding carboxylic acids is 8. The van der Waals surface area contributed by atoms with Crippen molar-refractivity contribution in [2.24, 2.45) is 0 Å². The van der Waals surface area contributed by atoms with Gasteiger partial charge in [0.25, 0.3) is 0 Å². The molecule has 8 amide bonds. The van der Waals surface area contributed by atoms with Crippen LogP contribution in [0.3, 0.4) is 0 Å². The summed E-state index contributed by atoms with van der Waals surface area (Å²) in [4.78, 5) is 110. The van der Waals surface area contributed by atoms with Crippen molar-refractivity contribution in [3.05, 3.63) is 97.2 Å². The maximum Gasteiger partial charge on any atom is 0.243 e. The first-order valence-electron chi connectivity index (χ1n) is 46.1. The van der Waals surface area contributed by atoms with Gasteiger partial charge in [-0.25, -0.2) is 0 Å². The summed E-state index contributed by atoms with van der Waals surface area (Å²) >= 11 is 0. The smallest absolute Gasteiger partial charge is 0.243 e. The van der Waals surface area contributed by atoms with E-state index in [4.69, 9.17) is 0 Å². The van der Waals surface area contributed by atoms with Gasteiger partial charge in [0.2, 0.25) is 47.3 Å². The molecule has 8 N–H and O–H groups in total. The second-order valence-corrected chi connectivity index (χ2v) is 33.9. The normalized spacial score (nSPS) is 12.8. The Hall–Kier alpha value is -5.66. The average Bonchev–Trinajstić information content (AvgIpc) is 0.884. The molecule has 0 aromatic heterocycles. The molecule has 0 aliphatic carbocycles. The van der Waals surface area contributed by atoms with Crippen molar-refractivity contribution >= 4 is 68.8 Å². The zero-order chi connectivity index (χ0) is 83.2. The number of hydrogen-bond donors (Lipinski definition) is 8. The van der Waals surface area contributed by atoms with Gasteiger partial charge in [0, 0.05) is 69.9 Å². The van der Waals surface area contributed by atoms with E-state index < -0.39 is 29.9 Å². The van der Waals surface area contributed by atoms with Crippen molar-refractivity contribution in [1.29, 1.82) is 0 Å². The highest BCUT2D eigenvalue weighted by Gasteiger charge is 2.28. The lowest BCUT2D eigenvalue weighted by Gasteiger charge is -2.24. The van der Waals surface area contributed by atoms with E-state index in [0.29, 0.717) is 102 Å². The van der Waals surface area contributed by atoms with E-state index >= 15 is 0 Å². The third-order valence-electron chi connectivity index (χ3n) is 19.8. The molecule has 0 saturated carbocycles. The number of amides is 8. The van der Waals surface area contributed by atoms with E-state index in [-0.39, 0.29) is 61.3 Å². The van der Waals surface area contributed by atoms with E-state index in [1.54, 1.807) is 21.6 Å². The van der Waals surface area contributed by atoms with Gasteiger partial charge in [-0.1, -0.05) is 275 Å². The van der Waals surface area contributed by atoms with Crippen LogP contribution in [0, 0.1) is 0 Å². The molecule has 17 nitrogen and oxygen atoms in total. The van der Waals surface area contributed by atoms with Crippen molar-refractivity contribution in [2.75, 3.05) is 64.9 Å². The first kappa shape index (κ1) is 108. The van der Waals surface area contributed by atoms with Gasteiger partial charge in [0.15, 0.2) is 0 Å². The van der Waals surface area contributed by atoms with Gasteiger partial charge >= 0.3 is 0 Å². The average molecular weight is 1630 g/mol. The Balaban J connectivity index is 6.19. The standard InChI is InChI=1S/C95H169N9O8S2/c1-7-11-15-19-23-27-31-35-39-43-47-51-55-59-63-73-88(105)96-77-67-70-85(101-90(107)75-65-61-57-53-49-45-41-37-33-29-25-21-17-13-9-3)93(110)99-79-69-71-86(94(111)100-81-83-114-113-82-80-98-92(109)84-104(5)6)103-95(112)87(102-91(108)76-66-62-58-54-50-46-42-38-34-30-26-22-18-14-10-4)72-68-78-97-89(106)74-64-60-56-52-48-44-40-36-32-28-24-20-16-12-8-2/h23-30,35-42,85-87H,7-22,31-34,43-84H2,1-6H3,(H,96,105)(H,97,106)(H,98,109)(H,99,110)(H,100,111)(H,101,107)(H,102,108)(H,103,112)/b27-23-,28-24-,29-25-,30-26-,39-35-,40-36-,41-37-,42-38-. The van der Waals surface area contributed by atoms with Crippen molar-refractivity contribution in [3.8, 4) is 0 Å². The zero-order valence-electron chi connectivity index (χ0n) is 73.3. The van der Waals surface area contributed by atoms with E-state index in [2.05, 4.69) is 167 Å². The van der Waals surface area contributed by atoms with E-state index in [1.807, 2.05) is 19.0 Å². The highest BCUT2D eigenvalue weighted by molar-refractivity contribution is 8.76. The number of nitrogens with one attached hydrogen (secondary N) is 8. The van der Waals surface area contributed by atoms with Crippen LogP contribution in [0.2, 0.25) is 0 Å². The maximum absolute atomic E-state index is 14.6. The Morgan fingerprint density at radius 2 is 0.500 bits per heavy atom. The van der Waals surface area contributed by atoms with Gasteiger partial charge in [-0.15, -0.1) is 0 Å². The fourth-order valence-corrected chi connectivity index (χ4v) is 14.7. The van der Waals surface area contributed by atoms with Crippen LogP contribution in [-0.4, -0.2) is 135 Å². The largest absolute Gasteiger partial charge is 0.356 e. The predicted octanol–water partition coefficient (Wildman–Crippen LogP) is 21.6. The Labute approximate surface area is 705 Å². The molecular formula is C95H169N9O8S2. The van der Waals surface area contributed by atoms with Crippen molar-refractivity contribution in [1.82, 2.24) is 47.4 Å². The maximum atomic E-state index is 14.6. The van der Waals surface area contributed by atoms with Gasteiger partial charge in [0.05, 0.1) is 6.54 Å². The summed E-state index contributed by atoms with van der Waals surface area (Å²) in [5.74, 6) is -0.566. The number of hydrogen-bond acceptors (Lipinski definition) is 11. The topological polar surface area (TPSA) is 236 Å². The molecule has 3 atom stereocenters. The van der Waals surface area contributed by atoms with Crippen LogP contribution in [0.1, 0.15) is 374 Å². The first-order valence-corrected chi connectivity index (χ1v) is 48.6. The molecule has 0 heterocycles. The van der Waals surface area contributed by atoms with Crippen LogP contribution >= 0.6 is 21.6 Å². The molecule has 114 heavy (non-hydrogen) atoms. The monoisotopic (exact) mass is 1630 g/mol. The Morgan fingerprint density at radius 3 is 0.816 bits per heavy atom. The Bertz CT molecular complexity index is 2590. The van der Waals surface area contributed by atoms with Crippen LogP contribution in [0.4, 0.5) is 0 Å². The minimum atomic E-state index is -1.02. The number of allylic oxidation sites excluding steroid dienone is 16. The van der Waals surface area contributed by atoms with E-state index in [1.165, 1.54) is 77.0 Å². The van der Waals surface area contributed by atoms with Crippen LogP contribution in [-0.2, 0) is 38.4 Å². The predicted molar refractivity (Wildman–Crippen MR) is 489 cm³/mol. The summed E-state index contributed by atoms with van der Waals surface area (Å²) in [6, 6.07) is -2.84. The van der Waals surface area contributed by atoms with Crippen LogP contribution in [0.15, 0.2) is 97.2 Å². The van der Waals surface area contributed by atoms with E-state index in [0.717, 1.165) is 193 Å². The van der Waals surface area contributed by atoms with Crippen molar-refractivity contribution in [3.63, 3.8) is 0 Å². The molecule has 0 aromatic carbocycles. The van der Waals surface area contributed by atoms with Crippen LogP contribution < -0.4 is 42.5 Å². The molecular weight excluding hydrogens is 1460 g/mol. The number of unbranched alkanes of at least 4 members (excludes halogenated alkanes) is 32. The molecule has 0 aliphatic heterocycles. The van der Waals surface area contributed by atoms with Crippen molar-refractivity contribution in [2.45, 2.75) is 393 Å². The number of carbonyl (C=O) groups is 8. The Kier molecular flexibility index (Phi) is 82.4. The minimum absolute atomic E-state index is 0.0172. The number of rotatable bonds is 83. The summed E-state index contributed by atoms with van der Waals surface area (Å²) in [5, 5.41) is 24.0. The molecule has 0 saturated heterocycles. The molecule has 3 unspecified atom stereocenters. The lowest BCUT2D eigenvalue weighted by Crippen LogP contribution is -2.54. The van der Waals surface area contributed by atoms with Gasteiger partial charge in [-0.2, -0.15) is 0 Å². The molecule has 19 heteroatoms. The van der Waals surface area contributed by atoms with Crippen molar-refractivity contribution < 1.29 is 38.4 Å². The molecule has 0 aromatic rings. The first-order chi connectivity index (χ1) is 55.8. The summed E-state index contributed by atoms with van der Waals surface area (Å²) < 4.78 is 0. The molecule has 0 fully saturated rings. The number of nitrogens with zero attached hydrogens (tertiary/aromatic N) is 1. The molecule has 0 aliphatic rings. The zero-order valence-corrected chi connectivity index (χ0v) is 75.0. The van der Waals surface area contributed by atoms with Crippen LogP contribution in [0.5, 0.6) is 0 Å². The molecule has 0 radical (unpaired) electrons. The second-order valence-electron chi connectivity index (χ2n) is 31.2. The van der Waals surface area contributed by atoms with Gasteiger partial charge in [-0.05, 0) is 207 Å². The van der Waals surface area contributed by atoms with Gasteiger partial charge < -0.3 is 47.4 Å². The summed E-state index contributed by atoms with van der Waals surface area (Å²) in [6.07, 6.45) is 87.3. The molecule has 0 bridgehead atoms. The molecule has 0 spiro atoms. The van der Waals surface area contributed by atoms with Crippen LogP contribution in [0.25, 0.3) is 0 Å². The SMILES string of the molecule is CCCCC/C=C\C/C=C\CCCCCCCC(=O)NCCCC(NC(=O)CCCCCCC/C=C\C/C=C\CCCCC)C(=O)NCCCC(NC(=O)C(CCCNC(=O)CCCCCCC/C=C\C/C=C\CCCCC)NC(=O)CCCCCCC/C=C\C/C=C\CCCCC)C(=O)NCCSSCCNC(=O)CN(C)C. The summed E-state index contributed by atoms with van der Waals surface area (Å²) in [7, 11) is 6.85. The molecule has 654 valence electrons. The quantitative estimate of drug-likeness (QED) is 0.0162. The fourth-order valence-electron chi connectivity index (χ4n) is 12.9. The Morgan fingerprint density at radius 1 is 0.254 bits per heavy atom. The van der Waals surface area contributed by atoms with E-state index in [9.17, 15) is 38.4 Å². The third-order valence-corrected chi connectivity index (χ3v) is 22.3. The summed E-state index contributed by atoms with van der Waals surface area (Å²) in [5.41, 5.74) is 0. The lowest BCUT2D eigenvalue weighted by molar-refractivity contribution is -0.132. The third kappa shape index (κ3) is 78.8. The lowest BCUT2D eigenvalue weighted by atomic mass is 10.1. The minimum Gasteiger partial charge on any atom is -0.356 e.